The van der Waals surface area contributed by atoms with Crippen LogP contribution in [-0.2, 0) is 14.3 Å². The number of carbonyl (C=O) groups is 2. The molecule has 0 saturated carbocycles. The number of aliphatic imine (C=N–C) groups is 1. The summed E-state index contributed by atoms with van der Waals surface area (Å²) in [7, 11) is 0. The average Bonchev–Trinajstić information content (AvgIpc) is 3.27. The summed E-state index contributed by atoms with van der Waals surface area (Å²) in [6.07, 6.45) is 13.9. The summed E-state index contributed by atoms with van der Waals surface area (Å²) in [5.41, 5.74) is 1.28. The van der Waals surface area contributed by atoms with Gasteiger partial charge in [0.2, 0.25) is 11.9 Å². The zero-order valence-corrected chi connectivity index (χ0v) is 23.6. The van der Waals surface area contributed by atoms with Gasteiger partial charge in [0.1, 0.15) is 6.04 Å². The Kier molecular flexibility index (Phi) is 10.9. The Balaban J connectivity index is 1.19. The van der Waals surface area contributed by atoms with Gasteiger partial charge < -0.3 is 24.7 Å². The highest BCUT2D eigenvalue weighted by Crippen LogP contribution is 2.38. The number of ether oxygens (including phenoxy) is 1. The van der Waals surface area contributed by atoms with Gasteiger partial charge >= 0.3 is 0 Å². The van der Waals surface area contributed by atoms with Crippen LogP contribution in [0.5, 0.6) is 0 Å². The molecule has 1 fully saturated rings. The van der Waals surface area contributed by atoms with Crippen molar-refractivity contribution in [3.63, 3.8) is 0 Å². The van der Waals surface area contributed by atoms with Gasteiger partial charge in [0.05, 0.1) is 23.8 Å². The Morgan fingerprint density at radius 1 is 1.10 bits per heavy atom. The third-order valence-corrected chi connectivity index (χ3v) is 8.07. The number of allylic oxidation sites excluding steroid dienone is 2. The van der Waals surface area contributed by atoms with E-state index in [1.807, 2.05) is 52.3 Å². The number of carbonyl (C=O) groups excluding carboxylic acids is 2. The second-order valence-electron chi connectivity index (χ2n) is 11.0. The molecule has 3 unspecified atom stereocenters. The topological polar surface area (TPSA) is 115 Å². The number of fused-ring (bicyclic) bond motifs is 2. The van der Waals surface area contributed by atoms with Crippen molar-refractivity contribution < 1.29 is 24.5 Å². The molecule has 1 aromatic carbocycles. The monoisotopic (exact) mass is 552 g/mol. The van der Waals surface area contributed by atoms with Gasteiger partial charge in [0.15, 0.2) is 0 Å². The van der Waals surface area contributed by atoms with E-state index in [0.29, 0.717) is 32.1 Å². The van der Waals surface area contributed by atoms with Crippen molar-refractivity contribution in [1.29, 1.82) is 0 Å². The molecule has 1 aliphatic carbocycles. The highest BCUT2D eigenvalue weighted by molar-refractivity contribution is 6.07. The number of rotatable bonds is 16. The fourth-order valence-corrected chi connectivity index (χ4v) is 5.66. The normalized spacial score (nSPS) is 23.3. The van der Waals surface area contributed by atoms with E-state index in [-0.39, 0.29) is 30.9 Å². The third-order valence-electron chi connectivity index (χ3n) is 8.07. The standard InChI is InChI=1S/C31H44N4O5/c1-31(18-13-16-26-25(31)22-35-27(23-37)29(39)33-30(35)32-26)40-21-12-5-2-9-17-28(38)34(19-10-3-4-11-20-36)24-14-7-6-8-15-24/h6-8,13-16,18,25,27,36-37H,2-5,9-12,17,19-23H2,1H3,(H,32,33,39). The molecular formula is C31H44N4O5. The Bertz CT molecular complexity index is 1090. The number of amides is 2. The van der Waals surface area contributed by atoms with Crippen LogP contribution in [0, 0.1) is 5.92 Å². The quantitative estimate of drug-likeness (QED) is 0.270. The first-order valence-electron chi connectivity index (χ1n) is 14.7. The number of nitrogens with zero attached hydrogens (tertiary/aromatic N) is 3. The Hall–Kier alpha value is -3.01. The van der Waals surface area contributed by atoms with Gasteiger partial charge in [-0.2, -0.15) is 0 Å². The summed E-state index contributed by atoms with van der Waals surface area (Å²) in [4.78, 5) is 33.6. The Morgan fingerprint density at radius 2 is 1.85 bits per heavy atom. The van der Waals surface area contributed by atoms with E-state index in [0.717, 1.165) is 62.8 Å². The summed E-state index contributed by atoms with van der Waals surface area (Å²) in [6, 6.07) is 9.27. The van der Waals surface area contributed by atoms with Crippen molar-refractivity contribution >= 4 is 23.5 Å². The fourth-order valence-electron chi connectivity index (χ4n) is 5.66. The predicted octanol–water partition coefficient (Wildman–Crippen LogP) is 3.53. The van der Waals surface area contributed by atoms with Crippen molar-refractivity contribution in [2.24, 2.45) is 10.9 Å². The van der Waals surface area contributed by atoms with Crippen molar-refractivity contribution in [3.8, 4) is 0 Å². The number of para-hydroxylation sites is 1. The van der Waals surface area contributed by atoms with E-state index in [9.17, 15) is 14.7 Å². The molecule has 2 heterocycles. The van der Waals surface area contributed by atoms with Gasteiger partial charge in [0, 0.05) is 38.4 Å². The minimum Gasteiger partial charge on any atom is -0.396 e. The average molecular weight is 553 g/mol. The van der Waals surface area contributed by atoms with Gasteiger partial charge in [-0.3, -0.25) is 14.9 Å². The number of hydrogen-bond donors (Lipinski definition) is 3. The van der Waals surface area contributed by atoms with E-state index >= 15 is 0 Å². The first-order valence-corrected chi connectivity index (χ1v) is 14.7. The molecule has 4 rings (SSSR count). The van der Waals surface area contributed by atoms with Crippen LogP contribution in [0.4, 0.5) is 5.69 Å². The Labute approximate surface area is 237 Å². The Morgan fingerprint density at radius 3 is 2.62 bits per heavy atom. The first-order chi connectivity index (χ1) is 19.5. The summed E-state index contributed by atoms with van der Waals surface area (Å²) < 4.78 is 6.40. The van der Waals surface area contributed by atoms with Crippen molar-refractivity contribution in [1.82, 2.24) is 10.2 Å². The number of aliphatic hydroxyl groups is 2. The van der Waals surface area contributed by atoms with Crippen LogP contribution in [0.3, 0.4) is 0 Å². The molecule has 2 aliphatic heterocycles. The first kappa shape index (κ1) is 30.0. The molecule has 2 amide bonds. The lowest BCUT2D eigenvalue weighted by atomic mass is 9.81. The van der Waals surface area contributed by atoms with Crippen molar-refractivity contribution in [3.05, 3.63) is 54.3 Å². The maximum Gasteiger partial charge on any atom is 0.251 e. The van der Waals surface area contributed by atoms with Crippen LogP contribution < -0.4 is 10.2 Å². The second-order valence-corrected chi connectivity index (χ2v) is 11.0. The van der Waals surface area contributed by atoms with E-state index in [1.54, 1.807) is 0 Å². The molecular weight excluding hydrogens is 508 g/mol. The molecule has 0 radical (unpaired) electrons. The largest absolute Gasteiger partial charge is 0.396 e. The van der Waals surface area contributed by atoms with E-state index < -0.39 is 11.6 Å². The number of aliphatic hydroxyl groups excluding tert-OH is 2. The highest BCUT2D eigenvalue weighted by Gasteiger charge is 2.47. The molecule has 9 heteroatoms. The van der Waals surface area contributed by atoms with Gasteiger partial charge in [-0.05, 0) is 50.8 Å². The summed E-state index contributed by atoms with van der Waals surface area (Å²) in [6.45, 7) is 3.89. The molecule has 3 aliphatic rings. The maximum absolute atomic E-state index is 13.1. The molecule has 1 aromatic rings. The number of nitrogens with one attached hydrogen (secondary N) is 1. The molecule has 0 aromatic heterocycles. The van der Waals surface area contributed by atoms with Crippen LogP contribution in [0.15, 0.2) is 59.2 Å². The minimum absolute atomic E-state index is 0.0340. The third kappa shape index (κ3) is 7.38. The van der Waals surface area contributed by atoms with Gasteiger partial charge in [-0.1, -0.05) is 56.0 Å². The summed E-state index contributed by atoms with van der Waals surface area (Å²) in [5.74, 6) is 0.413. The zero-order valence-electron chi connectivity index (χ0n) is 23.6. The molecule has 3 N–H and O–H groups in total. The lowest BCUT2D eigenvalue weighted by Crippen LogP contribution is -2.51. The summed E-state index contributed by atoms with van der Waals surface area (Å²) >= 11 is 0. The zero-order chi connectivity index (χ0) is 28.4. The lowest BCUT2D eigenvalue weighted by molar-refractivity contribution is -0.123. The molecule has 0 spiro atoms. The van der Waals surface area contributed by atoms with Crippen LogP contribution in [0.1, 0.15) is 64.7 Å². The molecule has 218 valence electrons. The van der Waals surface area contributed by atoms with E-state index in [2.05, 4.69) is 23.3 Å². The maximum atomic E-state index is 13.1. The van der Waals surface area contributed by atoms with E-state index in [1.165, 1.54) is 0 Å². The number of guanidine groups is 1. The van der Waals surface area contributed by atoms with Crippen LogP contribution in [0.25, 0.3) is 0 Å². The molecule has 0 bridgehead atoms. The molecule has 1 saturated heterocycles. The van der Waals surface area contributed by atoms with E-state index in [4.69, 9.17) is 9.84 Å². The van der Waals surface area contributed by atoms with Crippen LogP contribution in [-0.4, -0.2) is 77.4 Å². The van der Waals surface area contributed by atoms with Crippen molar-refractivity contribution in [2.75, 3.05) is 37.8 Å². The summed E-state index contributed by atoms with van der Waals surface area (Å²) in [5, 5.41) is 21.4. The molecule has 3 atom stereocenters. The van der Waals surface area contributed by atoms with Gasteiger partial charge in [-0.15, -0.1) is 0 Å². The molecule has 40 heavy (non-hydrogen) atoms. The number of unbranched alkanes of at least 4 members (excludes halogenated alkanes) is 6. The number of hydrogen-bond acceptors (Lipinski definition) is 7. The minimum atomic E-state index is -0.609. The SMILES string of the molecule is CC1(OCCCCCCC(=O)N(CCCCCCO)c2ccccc2)C=CC=C2N=C3NC(=O)C(CO)N3CC21. The number of anilines is 1. The van der Waals surface area contributed by atoms with Crippen LogP contribution in [0.2, 0.25) is 0 Å². The lowest BCUT2D eigenvalue weighted by Gasteiger charge is -2.42. The molecule has 9 nitrogen and oxygen atoms in total. The van der Waals surface area contributed by atoms with Crippen molar-refractivity contribution in [2.45, 2.75) is 76.4 Å². The van der Waals surface area contributed by atoms with Crippen LogP contribution >= 0.6 is 0 Å². The smallest absolute Gasteiger partial charge is 0.251 e. The fraction of sp³-hybridized carbons (Fsp3) is 0.581. The predicted molar refractivity (Wildman–Crippen MR) is 156 cm³/mol. The van der Waals surface area contributed by atoms with Gasteiger partial charge in [-0.25, -0.2) is 4.99 Å². The number of benzene rings is 1. The highest BCUT2D eigenvalue weighted by atomic mass is 16.5. The van der Waals surface area contributed by atoms with Gasteiger partial charge in [0.25, 0.3) is 5.91 Å². The second kappa shape index (κ2) is 14.6.